The average Bonchev–Trinajstić information content (AvgIpc) is 3.35. The van der Waals surface area contributed by atoms with E-state index < -0.39 is 0 Å². The molecule has 3 atom stereocenters. The summed E-state index contributed by atoms with van der Waals surface area (Å²) in [5, 5.41) is 5.74. The number of benzene rings is 1. The van der Waals surface area contributed by atoms with Gasteiger partial charge in [0.25, 0.3) is 0 Å². The molecule has 0 saturated heterocycles. The van der Waals surface area contributed by atoms with Gasteiger partial charge >= 0.3 is 0 Å². The van der Waals surface area contributed by atoms with Gasteiger partial charge in [0.2, 0.25) is 11.8 Å². The van der Waals surface area contributed by atoms with Gasteiger partial charge in [0.15, 0.2) is 0 Å². The highest BCUT2D eigenvalue weighted by Gasteiger charge is 2.48. The van der Waals surface area contributed by atoms with Gasteiger partial charge in [-0.05, 0) is 31.9 Å². The topological polar surface area (TPSA) is 76.7 Å². The molecule has 2 N–H and O–H groups in total. The molecule has 2 rings (SSSR count). The summed E-state index contributed by atoms with van der Waals surface area (Å²) in [7, 11) is 3.10. The van der Waals surface area contributed by atoms with E-state index in [-0.39, 0.29) is 29.7 Å². The van der Waals surface area contributed by atoms with Crippen molar-refractivity contribution in [2.24, 2.45) is 11.8 Å². The number of carbonyl (C=O) groups excluding carboxylic acids is 2. The summed E-state index contributed by atoms with van der Waals surface area (Å²) in [5.41, 5.74) is 0.546. The predicted molar refractivity (Wildman–Crippen MR) is 87.7 cm³/mol. The summed E-state index contributed by atoms with van der Waals surface area (Å²) in [6.45, 7) is 3.97. The van der Waals surface area contributed by atoms with Crippen molar-refractivity contribution in [3.05, 3.63) is 18.2 Å². The van der Waals surface area contributed by atoms with Crippen LogP contribution in [0.25, 0.3) is 0 Å². The second-order valence-electron chi connectivity index (χ2n) is 5.82. The Hall–Kier alpha value is -2.24. The highest BCUT2D eigenvalue weighted by Crippen LogP contribution is 2.40. The van der Waals surface area contributed by atoms with E-state index in [0.717, 1.165) is 6.42 Å². The number of rotatable bonds is 7. The minimum Gasteiger partial charge on any atom is -0.497 e. The summed E-state index contributed by atoms with van der Waals surface area (Å²) in [5.74, 6) is 0.455. The number of anilines is 1. The number of hydrogen-bond acceptors (Lipinski definition) is 4. The molecule has 2 amide bonds. The molecule has 0 aromatic heterocycles. The fourth-order valence-corrected chi connectivity index (χ4v) is 2.36. The SMILES string of the molecule is CCC(C)NC(=O)C1CC1C(=O)Nc1cc(OC)ccc1OC. The lowest BCUT2D eigenvalue weighted by atomic mass is 10.2. The fraction of sp³-hybridized carbons (Fsp3) is 0.529. The molecular formula is C17H24N2O4. The van der Waals surface area contributed by atoms with Crippen LogP contribution in [0.15, 0.2) is 18.2 Å². The first-order valence-electron chi connectivity index (χ1n) is 7.83. The zero-order valence-electron chi connectivity index (χ0n) is 14.0. The van der Waals surface area contributed by atoms with Gasteiger partial charge in [-0.1, -0.05) is 6.92 Å². The van der Waals surface area contributed by atoms with Crippen LogP contribution < -0.4 is 20.1 Å². The lowest BCUT2D eigenvalue weighted by Gasteiger charge is -2.12. The minimum atomic E-state index is -0.282. The second kappa shape index (κ2) is 7.35. The molecule has 126 valence electrons. The first-order valence-corrected chi connectivity index (χ1v) is 7.83. The van der Waals surface area contributed by atoms with E-state index >= 15 is 0 Å². The van der Waals surface area contributed by atoms with E-state index in [0.29, 0.717) is 23.6 Å². The molecule has 0 radical (unpaired) electrons. The van der Waals surface area contributed by atoms with Crippen LogP contribution >= 0.6 is 0 Å². The van der Waals surface area contributed by atoms with E-state index in [4.69, 9.17) is 9.47 Å². The van der Waals surface area contributed by atoms with Gasteiger partial charge in [0.1, 0.15) is 11.5 Å². The molecule has 6 nitrogen and oxygen atoms in total. The standard InChI is InChI=1S/C17H24N2O4/c1-5-10(2)18-16(20)12-9-13(12)17(21)19-14-8-11(22-3)6-7-15(14)23-4/h6-8,10,12-13H,5,9H2,1-4H3,(H,18,20)(H,19,21). The number of ether oxygens (including phenoxy) is 2. The Morgan fingerprint density at radius 3 is 2.52 bits per heavy atom. The fourth-order valence-electron chi connectivity index (χ4n) is 2.36. The van der Waals surface area contributed by atoms with Gasteiger partial charge in [0, 0.05) is 12.1 Å². The molecule has 3 unspecified atom stereocenters. The van der Waals surface area contributed by atoms with Gasteiger partial charge in [0.05, 0.1) is 31.7 Å². The zero-order chi connectivity index (χ0) is 17.0. The summed E-state index contributed by atoms with van der Waals surface area (Å²) in [6, 6.07) is 5.32. The average molecular weight is 320 g/mol. The number of carbonyl (C=O) groups is 2. The van der Waals surface area contributed by atoms with Crippen LogP contribution in [0.2, 0.25) is 0 Å². The molecule has 0 bridgehead atoms. The van der Waals surface area contributed by atoms with E-state index in [2.05, 4.69) is 10.6 Å². The highest BCUT2D eigenvalue weighted by molar-refractivity contribution is 6.00. The molecule has 1 fully saturated rings. The van der Waals surface area contributed by atoms with Crippen molar-refractivity contribution in [2.45, 2.75) is 32.7 Å². The molecule has 1 saturated carbocycles. The van der Waals surface area contributed by atoms with Crippen LogP contribution in [-0.2, 0) is 9.59 Å². The summed E-state index contributed by atoms with van der Waals surface area (Å²) in [6.07, 6.45) is 1.46. The van der Waals surface area contributed by atoms with Crippen molar-refractivity contribution < 1.29 is 19.1 Å². The molecule has 6 heteroatoms. The Labute approximate surface area is 136 Å². The molecular weight excluding hydrogens is 296 g/mol. The van der Waals surface area contributed by atoms with Crippen LogP contribution in [-0.4, -0.2) is 32.1 Å². The van der Waals surface area contributed by atoms with Crippen molar-refractivity contribution in [1.82, 2.24) is 5.32 Å². The Morgan fingerprint density at radius 2 is 1.91 bits per heavy atom. The zero-order valence-corrected chi connectivity index (χ0v) is 14.0. The lowest BCUT2D eigenvalue weighted by molar-refractivity contribution is -0.125. The summed E-state index contributed by atoms with van der Waals surface area (Å²) < 4.78 is 10.4. The molecule has 1 aromatic carbocycles. The summed E-state index contributed by atoms with van der Waals surface area (Å²) >= 11 is 0. The summed E-state index contributed by atoms with van der Waals surface area (Å²) in [4.78, 5) is 24.4. The maximum Gasteiger partial charge on any atom is 0.228 e. The Morgan fingerprint density at radius 1 is 1.22 bits per heavy atom. The van der Waals surface area contributed by atoms with E-state index in [1.165, 1.54) is 7.11 Å². The molecule has 0 aliphatic heterocycles. The minimum absolute atomic E-state index is 0.0443. The Kier molecular flexibility index (Phi) is 5.47. The van der Waals surface area contributed by atoms with E-state index in [1.807, 2.05) is 13.8 Å². The van der Waals surface area contributed by atoms with Crippen molar-refractivity contribution in [3.8, 4) is 11.5 Å². The first-order chi connectivity index (χ1) is 11.0. The van der Waals surface area contributed by atoms with E-state index in [1.54, 1.807) is 25.3 Å². The molecule has 1 aromatic rings. The van der Waals surface area contributed by atoms with Crippen molar-refractivity contribution in [3.63, 3.8) is 0 Å². The van der Waals surface area contributed by atoms with Crippen LogP contribution in [0.5, 0.6) is 11.5 Å². The van der Waals surface area contributed by atoms with Crippen LogP contribution in [0.3, 0.4) is 0 Å². The molecule has 0 spiro atoms. The number of amides is 2. The van der Waals surface area contributed by atoms with Gasteiger partial charge in [-0.3, -0.25) is 9.59 Å². The molecule has 0 heterocycles. The van der Waals surface area contributed by atoms with Gasteiger partial charge < -0.3 is 20.1 Å². The third-order valence-corrected chi connectivity index (χ3v) is 4.13. The third-order valence-electron chi connectivity index (χ3n) is 4.13. The molecule has 1 aliphatic rings. The molecule has 1 aliphatic carbocycles. The number of hydrogen-bond donors (Lipinski definition) is 2. The van der Waals surface area contributed by atoms with Gasteiger partial charge in [-0.2, -0.15) is 0 Å². The van der Waals surface area contributed by atoms with Crippen LogP contribution in [0.1, 0.15) is 26.7 Å². The lowest BCUT2D eigenvalue weighted by Crippen LogP contribution is -2.34. The van der Waals surface area contributed by atoms with Crippen molar-refractivity contribution in [2.75, 3.05) is 19.5 Å². The van der Waals surface area contributed by atoms with Crippen LogP contribution in [0, 0.1) is 11.8 Å². The monoisotopic (exact) mass is 320 g/mol. The van der Waals surface area contributed by atoms with E-state index in [9.17, 15) is 9.59 Å². The van der Waals surface area contributed by atoms with Crippen molar-refractivity contribution in [1.29, 1.82) is 0 Å². The third kappa shape index (κ3) is 4.15. The molecule has 23 heavy (non-hydrogen) atoms. The normalized spacial score (nSPS) is 20.3. The number of nitrogens with one attached hydrogen (secondary N) is 2. The Bertz CT molecular complexity index is 588. The second-order valence-corrected chi connectivity index (χ2v) is 5.82. The maximum atomic E-state index is 12.3. The largest absolute Gasteiger partial charge is 0.497 e. The number of methoxy groups -OCH3 is 2. The first kappa shape index (κ1) is 17.1. The van der Waals surface area contributed by atoms with Crippen molar-refractivity contribution >= 4 is 17.5 Å². The smallest absolute Gasteiger partial charge is 0.228 e. The van der Waals surface area contributed by atoms with Gasteiger partial charge in [-0.15, -0.1) is 0 Å². The van der Waals surface area contributed by atoms with Crippen LogP contribution in [0.4, 0.5) is 5.69 Å². The Balaban J connectivity index is 1.97. The highest BCUT2D eigenvalue weighted by atomic mass is 16.5. The maximum absolute atomic E-state index is 12.3. The quantitative estimate of drug-likeness (QED) is 0.807. The van der Waals surface area contributed by atoms with Gasteiger partial charge in [-0.25, -0.2) is 0 Å². The predicted octanol–water partition coefficient (Wildman–Crippen LogP) is 2.19.